The van der Waals surface area contributed by atoms with Crippen molar-refractivity contribution in [3.63, 3.8) is 0 Å². The zero-order valence-corrected chi connectivity index (χ0v) is 75.0. The Kier molecular flexibility index (Phi) is 38.4. The van der Waals surface area contributed by atoms with Crippen molar-refractivity contribution >= 4 is 129 Å². The van der Waals surface area contributed by atoms with Gasteiger partial charge in [0.1, 0.15) is 78.0 Å². The molecular formula is C92H115ClN16O19S. The highest BCUT2D eigenvalue weighted by molar-refractivity contribution is 8.00. The first-order chi connectivity index (χ1) is 61.3. The number of nitrogens with one attached hydrogen (secondary N) is 11. The summed E-state index contributed by atoms with van der Waals surface area (Å²) < 4.78 is 0. The Labute approximate surface area is 757 Å². The number of thioether (sulfide) groups is 1. The number of phenols is 2. The van der Waals surface area contributed by atoms with Gasteiger partial charge in [-0.2, -0.15) is 0 Å². The summed E-state index contributed by atoms with van der Waals surface area (Å²) in [4.78, 5) is 241. The Morgan fingerprint density at radius 1 is 0.488 bits per heavy atom. The van der Waals surface area contributed by atoms with Crippen LogP contribution in [0.25, 0.3) is 10.9 Å². The van der Waals surface area contributed by atoms with E-state index in [4.69, 9.17) is 17.3 Å². The van der Waals surface area contributed by atoms with Gasteiger partial charge in [-0.25, -0.2) is 0 Å². The minimum absolute atomic E-state index is 0.0233. The number of aromatic nitrogens is 1. The third-order valence-corrected chi connectivity index (χ3v) is 22.9. The van der Waals surface area contributed by atoms with Gasteiger partial charge in [0.15, 0.2) is 0 Å². The lowest BCUT2D eigenvalue weighted by Crippen LogP contribution is -2.61. The fourth-order valence-corrected chi connectivity index (χ4v) is 15.8. The number of amides is 15. The molecule has 11 atom stereocenters. The van der Waals surface area contributed by atoms with Crippen molar-refractivity contribution < 1.29 is 92.0 Å². The number of aromatic hydroxyl groups is 2. The highest BCUT2D eigenvalue weighted by Crippen LogP contribution is 2.24. The van der Waals surface area contributed by atoms with Crippen LogP contribution in [0, 0.1) is 11.8 Å². The molecule has 690 valence electrons. The van der Waals surface area contributed by atoms with E-state index in [-0.39, 0.29) is 79.6 Å². The van der Waals surface area contributed by atoms with Crippen LogP contribution in [0.3, 0.4) is 0 Å². The molecule has 1 aliphatic rings. The van der Waals surface area contributed by atoms with E-state index in [1.807, 2.05) is 6.92 Å². The molecule has 1 aromatic heterocycles. The van der Waals surface area contributed by atoms with Crippen LogP contribution in [-0.4, -0.2) is 260 Å². The maximum absolute atomic E-state index is 15.5. The zero-order chi connectivity index (χ0) is 94.3. The van der Waals surface area contributed by atoms with Gasteiger partial charge in [0.25, 0.3) is 0 Å². The number of carboxylic acid groups (broad SMARTS) is 1. The first kappa shape index (κ1) is 101. The Hall–Kier alpha value is -13.4. The minimum atomic E-state index is -1.92. The molecule has 35 nitrogen and oxygen atoms in total. The molecule has 1 aliphatic heterocycles. The molecule has 37 heteroatoms. The number of para-hydroxylation sites is 1. The standard InChI is InChI=1S/C92H115ClN16O19S/c1-10-11-29-74-91(127)107(7)50-78(114)98-70(46-80(116)117)87(123)105-81(54(4)5)88(124)102-68(43-59-25-20-26-61(93)39-59)85(121)103-71(42-58-32-36-63(111)37-33-58)89(125)106(6)49-77(113)97-69(45-60-47-95-65-28-19-18-27-64(60)65)86(122)101-67(40-57-30-34-62(110)35-31-57)84(120)100-66(38-53(2)3)83(119)104-73(82(118)96-48-76(94)112)51-129-52-79(115)99-72(41-55-21-14-12-15-22-55)90(126)109(9)75(92(128)108(74)8)44-56-23-16-13-17-24-56/h12-28,30-37,39,47,53-54,66-75,81,95,110-111H,10-11,29,38,40-46,48-52H2,1-9H3,(H2,94,112)(H,96,118)(H,97,113)(H,98,114)(H,99,115)(H,100,120)(H,101,122)(H,102,124)(H,103,121)(H,104,119)(H,105,123)(H,116,117)/t66-,67-,68-,69-,70-,71-,72-,73-,74-,75-,81-/m0/s1. The van der Waals surface area contributed by atoms with Gasteiger partial charge in [-0.15, -0.1) is 11.8 Å². The minimum Gasteiger partial charge on any atom is -0.508 e. The molecule has 2 heterocycles. The molecule has 1 saturated heterocycles. The van der Waals surface area contributed by atoms with E-state index in [0.29, 0.717) is 57.1 Å². The summed E-state index contributed by atoms with van der Waals surface area (Å²) in [5.74, 6) is -17.8. The number of nitrogens with zero attached hydrogens (tertiary/aromatic N) is 4. The largest absolute Gasteiger partial charge is 0.508 e. The molecule has 6 aromatic carbocycles. The smallest absolute Gasteiger partial charge is 0.305 e. The number of nitrogens with two attached hydrogens (primary N) is 1. The fourth-order valence-electron chi connectivity index (χ4n) is 14.7. The lowest BCUT2D eigenvalue weighted by atomic mass is 9.99. The number of carbonyl (C=O) groups excluding carboxylic acids is 15. The fraction of sp³-hybridized carbons (Fsp3) is 0.413. The number of fused-ring (bicyclic) bond motifs is 1. The number of phenolic OH excluding ortho intramolecular Hbond substituents is 2. The highest BCUT2D eigenvalue weighted by atomic mass is 35.5. The second-order valence-corrected chi connectivity index (χ2v) is 34.3. The van der Waals surface area contributed by atoms with E-state index in [1.165, 1.54) is 96.6 Å². The molecule has 1 fully saturated rings. The first-order valence-corrected chi connectivity index (χ1v) is 43.9. The summed E-state index contributed by atoms with van der Waals surface area (Å²) >= 11 is 7.30. The van der Waals surface area contributed by atoms with E-state index >= 15 is 28.8 Å². The zero-order valence-electron chi connectivity index (χ0n) is 73.4. The molecule has 7 aromatic rings. The number of H-pyrrole nitrogens is 1. The number of unbranched alkanes of at least 4 members (excludes halogenated alkanes) is 1. The van der Waals surface area contributed by atoms with Gasteiger partial charge in [-0.1, -0.05) is 174 Å². The molecule has 129 heavy (non-hydrogen) atoms. The lowest BCUT2D eigenvalue weighted by molar-refractivity contribution is -0.151. The number of aliphatic carboxylic acids is 1. The van der Waals surface area contributed by atoms with Gasteiger partial charge in [0, 0.05) is 94.6 Å². The number of halogens is 1. The third kappa shape index (κ3) is 31.3. The average molecular weight is 1820 g/mol. The lowest BCUT2D eigenvalue weighted by Gasteiger charge is -2.37. The van der Waals surface area contributed by atoms with Crippen LogP contribution in [0.4, 0.5) is 0 Å². The molecule has 0 radical (unpaired) electrons. The maximum atomic E-state index is 15.5. The van der Waals surface area contributed by atoms with Crippen LogP contribution in [0.15, 0.2) is 164 Å². The molecule has 0 saturated carbocycles. The van der Waals surface area contributed by atoms with Crippen molar-refractivity contribution in [2.24, 2.45) is 17.6 Å². The summed E-state index contributed by atoms with van der Waals surface area (Å²) in [6.07, 6.45) is -0.112. The number of likely N-dealkylation sites (N-methyl/N-ethyl adjacent to an activating group) is 4. The number of hydrogen-bond donors (Lipinski definition) is 15. The Morgan fingerprint density at radius 3 is 1.51 bits per heavy atom. The number of rotatable bonds is 23. The summed E-state index contributed by atoms with van der Waals surface area (Å²) in [7, 11) is 5.21. The number of benzene rings is 6. The number of carboxylic acids is 1. The van der Waals surface area contributed by atoms with E-state index in [9.17, 15) is 63.3 Å². The molecule has 0 aliphatic carbocycles. The van der Waals surface area contributed by atoms with Crippen molar-refractivity contribution in [2.75, 3.05) is 59.3 Å². The number of hydrogen-bond acceptors (Lipinski definition) is 19. The van der Waals surface area contributed by atoms with E-state index < -0.39 is 199 Å². The third-order valence-electron chi connectivity index (χ3n) is 21.7. The van der Waals surface area contributed by atoms with Crippen LogP contribution in [0.5, 0.6) is 11.5 Å². The molecule has 0 spiro atoms. The van der Waals surface area contributed by atoms with Gasteiger partial charge in [-0.3, -0.25) is 76.7 Å². The molecule has 0 bridgehead atoms. The second-order valence-electron chi connectivity index (χ2n) is 32.8. The SMILES string of the molecule is CCCC[C@H]1C(=O)N(C)CC(=O)N[C@@H](CC(=O)O)C(=O)N[C@@H](C(C)C)C(=O)N[C@@H](Cc2cccc(Cl)c2)C(=O)N[C@@H](Cc2ccc(O)cc2)C(=O)N(C)CC(=O)N[C@@H](Cc2c[nH]c3ccccc23)C(=O)N[C@@H](Cc2ccc(O)cc2)C(=O)N[C@@H](CC(C)C)C(=O)N[C@H](C(=O)NCC(N)=O)CSCC(=O)N[C@@H](Cc2ccccc2)C(=O)N(C)[C@@H](Cc2ccccc2)C(=O)N1C. The van der Waals surface area contributed by atoms with Crippen LogP contribution < -0.4 is 58.9 Å². The molecule has 0 unspecified atom stereocenters. The van der Waals surface area contributed by atoms with Gasteiger partial charge in [0.2, 0.25) is 88.6 Å². The van der Waals surface area contributed by atoms with Crippen LogP contribution in [0.1, 0.15) is 100 Å². The van der Waals surface area contributed by atoms with Crippen molar-refractivity contribution in [1.82, 2.24) is 77.8 Å². The summed E-state index contributed by atoms with van der Waals surface area (Å²) in [5.41, 5.74) is 8.93. The molecule has 8 rings (SSSR count). The monoisotopic (exact) mass is 1810 g/mol. The van der Waals surface area contributed by atoms with Crippen molar-refractivity contribution in [1.29, 1.82) is 0 Å². The van der Waals surface area contributed by atoms with Gasteiger partial charge < -0.3 is 98.8 Å². The molecular weight excluding hydrogens is 1700 g/mol. The van der Waals surface area contributed by atoms with E-state index in [0.717, 1.165) is 31.4 Å². The molecule has 16 N–H and O–H groups in total. The van der Waals surface area contributed by atoms with Crippen molar-refractivity contribution in [3.05, 3.63) is 202 Å². The first-order valence-electron chi connectivity index (χ1n) is 42.4. The molecule has 15 amide bonds. The van der Waals surface area contributed by atoms with Crippen molar-refractivity contribution in [2.45, 2.75) is 172 Å². The number of primary amides is 1. The van der Waals surface area contributed by atoms with E-state index in [1.54, 1.807) is 123 Å². The second kappa shape index (κ2) is 49.1. The Balaban J connectivity index is 1.21. The van der Waals surface area contributed by atoms with E-state index in [2.05, 4.69) is 58.2 Å². The Bertz CT molecular complexity index is 5110. The predicted octanol–water partition coefficient (Wildman–Crippen LogP) is 2.64. The normalized spacial score (nSPS) is 21.8. The maximum Gasteiger partial charge on any atom is 0.305 e. The number of aromatic amines is 1. The topological polar surface area (TPSA) is 509 Å². The predicted molar refractivity (Wildman–Crippen MR) is 482 cm³/mol. The summed E-state index contributed by atoms with van der Waals surface area (Å²) in [6.45, 7) is 6.06. The average Bonchev–Trinajstić information content (AvgIpc) is 1.77. The van der Waals surface area contributed by atoms with Crippen LogP contribution in [0.2, 0.25) is 5.02 Å². The summed E-state index contributed by atoms with van der Waals surface area (Å²) in [6, 6.07) is 24.6. The number of carbonyl (C=O) groups is 16. The van der Waals surface area contributed by atoms with Gasteiger partial charge >= 0.3 is 5.97 Å². The van der Waals surface area contributed by atoms with Crippen LogP contribution in [-0.2, 0) is 115 Å². The van der Waals surface area contributed by atoms with Crippen LogP contribution >= 0.6 is 23.4 Å². The summed E-state index contributed by atoms with van der Waals surface area (Å²) in [5, 5.41) is 58.2. The van der Waals surface area contributed by atoms with Gasteiger partial charge in [0.05, 0.1) is 31.8 Å². The van der Waals surface area contributed by atoms with Crippen molar-refractivity contribution in [3.8, 4) is 11.5 Å². The quantitative estimate of drug-likeness (QED) is 0.0438. The highest BCUT2D eigenvalue weighted by Gasteiger charge is 2.41. The Morgan fingerprint density at radius 2 is 0.953 bits per heavy atom. The van der Waals surface area contributed by atoms with Gasteiger partial charge in [-0.05, 0) is 101 Å².